The van der Waals surface area contributed by atoms with Crippen LogP contribution in [0.15, 0.2) is 52.5 Å². The molecule has 0 aromatic heterocycles. The van der Waals surface area contributed by atoms with Crippen LogP contribution in [0.4, 0.5) is 0 Å². The van der Waals surface area contributed by atoms with Gasteiger partial charge in [0.15, 0.2) is 11.5 Å². The number of benzene rings is 2. The van der Waals surface area contributed by atoms with Crippen molar-refractivity contribution in [2.75, 3.05) is 19.6 Å². The molecular formula is C18H16N2O3S. The molecule has 24 heavy (non-hydrogen) atoms. The smallest absolute Gasteiger partial charge is 0.274 e. The average molecular weight is 340 g/mol. The maximum absolute atomic E-state index is 12.6. The number of ether oxygens (including phenoxy) is 2. The number of thioether (sulfide) groups is 1. The number of carbonyl (C=O) groups is 1. The highest BCUT2D eigenvalue weighted by atomic mass is 32.2. The largest absolute Gasteiger partial charge is 0.454 e. The van der Waals surface area contributed by atoms with Crippen molar-refractivity contribution < 1.29 is 14.3 Å². The summed E-state index contributed by atoms with van der Waals surface area (Å²) in [5.41, 5.74) is 2.56. The number of rotatable bonds is 3. The molecule has 0 atom stereocenters. The number of nitrogens with zero attached hydrogens (tertiary/aromatic N) is 2. The Morgan fingerprint density at radius 3 is 2.71 bits per heavy atom. The Bertz CT molecular complexity index is 818. The van der Waals surface area contributed by atoms with E-state index in [0.717, 1.165) is 17.7 Å². The second kappa shape index (κ2) is 6.20. The lowest BCUT2D eigenvalue weighted by atomic mass is 10.1. The number of fused-ring (bicyclic) bond motifs is 1. The van der Waals surface area contributed by atoms with Crippen LogP contribution in [-0.2, 0) is 0 Å². The number of hydrazone groups is 1. The van der Waals surface area contributed by atoms with Crippen molar-refractivity contribution in [2.45, 2.75) is 11.3 Å². The zero-order chi connectivity index (χ0) is 16.5. The summed E-state index contributed by atoms with van der Waals surface area (Å²) >= 11 is 1.71. The summed E-state index contributed by atoms with van der Waals surface area (Å²) in [4.78, 5) is 13.9. The summed E-state index contributed by atoms with van der Waals surface area (Å²) in [6.07, 6.45) is 2.81. The fourth-order valence-corrected chi connectivity index (χ4v) is 3.18. The molecule has 0 bridgehead atoms. The molecule has 2 aliphatic rings. The van der Waals surface area contributed by atoms with Gasteiger partial charge >= 0.3 is 0 Å². The van der Waals surface area contributed by atoms with Gasteiger partial charge in [0, 0.05) is 16.9 Å². The Kier molecular flexibility index (Phi) is 3.90. The first-order valence-corrected chi connectivity index (χ1v) is 8.90. The topological polar surface area (TPSA) is 51.1 Å². The number of carbonyl (C=O) groups excluding carboxylic acids is 1. The molecule has 0 aliphatic carbocycles. The molecule has 2 aromatic rings. The predicted octanol–water partition coefficient (Wildman–Crippen LogP) is 3.39. The van der Waals surface area contributed by atoms with E-state index in [4.69, 9.17) is 9.47 Å². The quantitative estimate of drug-likeness (QED) is 0.804. The molecule has 0 radical (unpaired) electrons. The predicted molar refractivity (Wildman–Crippen MR) is 93.0 cm³/mol. The Morgan fingerprint density at radius 1 is 1.12 bits per heavy atom. The Labute approximate surface area is 144 Å². The van der Waals surface area contributed by atoms with Crippen molar-refractivity contribution in [1.29, 1.82) is 0 Å². The number of amides is 1. The standard InChI is InChI=1S/C18H16N2O3S/c1-24-14-5-2-12(3-6-14)15-8-9-20(19-15)18(21)13-4-7-16-17(10-13)23-11-22-16/h2-7,10H,8-9,11H2,1H3. The van der Waals surface area contributed by atoms with Gasteiger partial charge in [-0.2, -0.15) is 5.10 Å². The van der Waals surface area contributed by atoms with Gasteiger partial charge in [0.2, 0.25) is 6.79 Å². The van der Waals surface area contributed by atoms with E-state index in [1.807, 2.05) is 6.26 Å². The first-order chi connectivity index (χ1) is 11.7. The minimum atomic E-state index is -0.121. The van der Waals surface area contributed by atoms with Gasteiger partial charge in [-0.1, -0.05) is 12.1 Å². The van der Waals surface area contributed by atoms with Crippen LogP contribution in [0.25, 0.3) is 0 Å². The van der Waals surface area contributed by atoms with Crippen molar-refractivity contribution in [1.82, 2.24) is 5.01 Å². The van der Waals surface area contributed by atoms with E-state index in [2.05, 4.69) is 29.4 Å². The van der Waals surface area contributed by atoms with Crippen LogP contribution >= 0.6 is 11.8 Å². The van der Waals surface area contributed by atoms with Gasteiger partial charge in [-0.15, -0.1) is 11.8 Å². The van der Waals surface area contributed by atoms with Crippen molar-refractivity contribution in [3.05, 3.63) is 53.6 Å². The first kappa shape index (κ1) is 15.1. The highest BCUT2D eigenvalue weighted by molar-refractivity contribution is 7.98. The van der Waals surface area contributed by atoms with Gasteiger partial charge in [-0.3, -0.25) is 4.79 Å². The molecule has 0 saturated heterocycles. The van der Waals surface area contributed by atoms with Gasteiger partial charge in [0.05, 0.1) is 12.3 Å². The van der Waals surface area contributed by atoms with Gasteiger partial charge in [0.1, 0.15) is 0 Å². The van der Waals surface area contributed by atoms with E-state index < -0.39 is 0 Å². The SMILES string of the molecule is CSc1ccc(C2=NN(C(=O)c3ccc4c(c3)OCO4)CC2)cc1. The highest BCUT2D eigenvalue weighted by Gasteiger charge is 2.24. The Hall–Kier alpha value is -2.47. The van der Waals surface area contributed by atoms with Gasteiger partial charge in [0.25, 0.3) is 5.91 Å². The van der Waals surface area contributed by atoms with Crippen molar-refractivity contribution in [2.24, 2.45) is 5.10 Å². The second-order valence-corrected chi connectivity index (χ2v) is 6.40. The average Bonchev–Trinajstić information content (AvgIpc) is 3.30. The zero-order valence-electron chi connectivity index (χ0n) is 13.2. The summed E-state index contributed by atoms with van der Waals surface area (Å²) in [5, 5.41) is 6.03. The lowest BCUT2D eigenvalue weighted by molar-refractivity contribution is 0.0778. The third-order valence-corrected chi connectivity index (χ3v) is 4.82. The summed E-state index contributed by atoms with van der Waals surface area (Å²) in [5.74, 6) is 1.16. The van der Waals surface area contributed by atoms with Crippen LogP contribution < -0.4 is 9.47 Å². The lowest BCUT2D eigenvalue weighted by Crippen LogP contribution is -2.23. The fraction of sp³-hybridized carbons (Fsp3) is 0.222. The molecule has 0 fully saturated rings. The van der Waals surface area contributed by atoms with Crippen LogP contribution in [0.5, 0.6) is 11.5 Å². The summed E-state index contributed by atoms with van der Waals surface area (Å²) in [6, 6.07) is 13.5. The van der Waals surface area contributed by atoms with Crippen molar-refractivity contribution in [3.63, 3.8) is 0 Å². The van der Waals surface area contributed by atoms with Crippen molar-refractivity contribution in [3.8, 4) is 11.5 Å². The Balaban J connectivity index is 1.54. The molecule has 2 heterocycles. The monoisotopic (exact) mass is 340 g/mol. The van der Waals surface area contributed by atoms with E-state index >= 15 is 0 Å². The lowest BCUT2D eigenvalue weighted by Gasteiger charge is -2.11. The summed E-state index contributed by atoms with van der Waals surface area (Å²) in [6.45, 7) is 0.790. The molecule has 0 N–H and O–H groups in total. The third-order valence-electron chi connectivity index (χ3n) is 4.08. The van der Waals surface area contributed by atoms with E-state index in [-0.39, 0.29) is 12.7 Å². The maximum atomic E-state index is 12.6. The summed E-state index contributed by atoms with van der Waals surface area (Å²) in [7, 11) is 0. The summed E-state index contributed by atoms with van der Waals surface area (Å²) < 4.78 is 10.6. The van der Waals surface area contributed by atoms with Crippen LogP contribution in [0, 0.1) is 0 Å². The zero-order valence-corrected chi connectivity index (χ0v) is 14.0. The van der Waals surface area contributed by atoms with E-state index in [1.165, 1.54) is 9.90 Å². The van der Waals surface area contributed by atoms with E-state index in [9.17, 15) is 4.79 Å². The molecule has 0 spiro atoms. The van der Waals surface area contributed by atoms with Crippen LogP contribution in [0.1, 0.15) is 22.3 Å². The van der Waals surface area contributed by atoms with Crippen LogP contribution in [-0.4, -0.2) is 36.2 Å². The van der Waals surface area contributed by atoms with Crippen LogP contribution in [0.3, 0.4) is 0 Å². The molecule has 122 valence electrons. The minimum absolute atomic E-state index is 0.121. The molecule has 1 amide bonds. The second-order valence-electron chi connectivity index (χ2n) is 5.52. The molecule has 5 nitrogen and oxygen atoms in total. The van der Waals surface area contributed by atoms with Gasteiger partial charge in [-0.05, 0) is 42.2 Å². The first-order valence-electron chi connectivity index (χ1n) is 7.68. The number of hydrogen-bond acceptors (Lipinski definition) is 5. The molecule has 2 aliphatic heterocycles. The molecular weight excluding hydrogens is 324 g/mol. The normalized spacial score (nSPS) is 15.5. The van der Waals surface area contributed by atoms with E-state index in [0.29, 0.717) is 23.6 Å². The number of hydrogen-bond donors (Lipinski definition) is 0. The van der Waals surface area contributed by atoms with Crippen molar-refractivity contribution >= 4 is 23.4 Å². The maximum Gasteiger partial charge on any atom is 0.274 e. The van der Waals surface area contributed by atoms with Gasteiger partial charge in [-0.25, -0.2) is 5.01 Å². The fourth-order valence-electron chi connectivity index (χ4n) is 2.77. The highest BCUT2D eigenvalue weighted by Crippen LogP contribution is 2.33. The molecule has 6 heteroatoms. The van der Waals surface area contributed by atoms with Crippen LogP contribution in [0.2, 0.25) is 0 Å². The minimum Gasteiger partial charge on any atom is -0.454 e. The van der Waals surface area contributed by atoms with E-state index in [1.54, 1.807) is 30.0 Å². The Morgan fingerprint density at radius 2 is 1.92 bits per heavy atom. The molecule has 2 aromatic carbocycles. The molecule has 0 unspecified atom stereocenters. The third kappa shape index (κ3) is 2.73. The van der Waals surface area contributed by atoms with Gasteiger partial charge < -0.3 is 9.47 Å². The molecule has 0 saturated carbocycles. The molecule has 4 rings (SSSR count).